The molecule has 0 atom stereocenters. The van der Waals surface area contributed by atoms with Crippen LogP contribution in [0, 0.1) is 13.8 Å². The summed E-state index contributed by atoms with van der Waals surface area (Å²) in [5, 5.41) is 0. The summed E-state index contributed by atoms with van der Waals surface area (Å²) in [7, 11) is -3.41. The van der Waals surface area contributed by atoms with Crippen molar-refractivity contribution in [3.05, 3.63) is 48.0 Å². The van der Waals surface area contributed by atoms with E-state index in [0.29, 0.717) is 11.4 Å². The van der Waals surface area contributed by atoms with E-state index in [1.165, 1.54) is 0 Å². The third-order valence-electron chi connectivity index (χ3n) is 3.28. The Bertz CT molecular complexity index is 670. The average Bonchev–Trinajstić information content (AvgIpc) is 2.91. The standard InChI is InChI=1S/C14H19N3O2S.BrH/c1-12-4-5-14(10-13(12)2)20(18,19)16-6-3-8-17-9-7-15-11-17;/h4-5,7,9-11,16H,3,6,8H2,1-2H3;1H. The van der Waals surface area contributed by atoms with E-state index in [9.17, 15) is 8.42 Å². The molecule has 0 saturated heterocycles. The topological polar surface area (TPSA) is 65.8 Å². The SMILES string of the molecule is Cc1ccc(S(=O)(=O)NCCC[n+]2cc[nH]c2)cc1C.[Br-]. The van der Waals surface area contributed by atoms with Crippen LogP contribution in [0.5, 0.6) is 0 Å². The average molecular weight is 374 g/mol. The van der Waals surface area contributed by atoms with Gasteiger partial charge >= 0.3 is 0 Å². The van der Waals surface area contributed by atoms with Gasteiger partial charge in [-0.3, -0.25) is 4.98 Å². The Labute approximate surface area is 136 Å². The maximum atomic E-state index is 12.1. The van der Waals surface area contributed by atoms with Crippen LogP contribution in [0.15, 0.2) is 41.8 Å². The highest BCUT2D eigenvalue weighted by Gasteiger charge is 2.13. The number of imidazole rings is 1. The molecule has 0 saturated carbocycles. The number of hydrogen-bond donors (Lipinski definition) is 2. The zero-order chi connectivity index (χ0) is 14.6. The van der Waals surface area contributed by atoms with E-state index in [4.69, 9.17) is 0 Å². The normalized spacial score (nSPS) is 11.1. The van der Waals surface area contributed by atoms with Crippen molar-refractivity contribution in [1.29, 1.82) is 0 Å². The maximum Gasteiger partial charge on any atom is 0.241 e. The number of H-pyrrole nitrogens is 1. The third-order valence-corrected chi connectivity index (χ3v) is 4.74. The zero-order valence-corrected chi connectivity index (χ0v) is 14.5. The number of nitrogens with one attached hydrogen (secondary N) is 2. The Morgan fingerprint density at radius 2 is 2.00 bits per heavy atom. The number of aromatic amines is 1. The summed E-state index contributed by atoms with van der Waals surface area (Å²) in [5.41, 5.74) is 2.07. The van der Waals surface area contributed by atoms with Gasteiger partial charge in [-0.05, 0) is 43.5 Å². The van der Waals surface area contributed by atoms with Crippen molar-refractivity contribution in [3.63, 3.8) is 0 Å². The smallest absolute Gasteiger partial charge is 0.241 e. The summed E-state index contributed by atoms with van der Waals surface area (Å²) >= 11 is 0. The molecule has 0 bridgehead atoms. The predicted octanol–water partition coefficient (Wildman–Crippen LogP) is -1.71. The largest absolute Gasteiger partial charge is 1.00 e. The van der Waals surface area contributed by atoms with E-state index in [1.54, 1.807) is 12.1 Å². The fraction of sp³-hybridized carbons (Fsp3) is 0.357. The Hall–Kier alpha value is -1.18. The second kappa shape index (κ2) is 7.72. The van der Waals surface area contributed by atoms with Crippen molar-refractivity contribution in [2.45, 2.75) is 31.7 Å². The lowest BCUT2D eigenvalue weighted by molar-refractivity contribution is -0.695. The second-order valence-corrected chi connectivity index (χ2v) is 6.61. The first-order chi connectivity index (χ1) is 9.49. The van der Waals surface area contributed by atoms with Crippen LogP contribution in [0.3, 0.4) is 0 Å². The Morgan fingerprint density at radius 1 is 1.24 bits per heavy atom. The van der Waals surface area contributed by atoms with Gasteiger partial charge in [-0.2, -0.15) is 0 Å². The molecular formula is C14H20BrN3O2S. The second-order valence-electron chi connectivity index (χ2n) is 4.85. The van der Waals surface area contributed by atoms with Crippen LogP contribution in [0.2, 0.25) is 0 Å². The molecule has 7 heteroatoms. The van der Waals surface area contributed by atoms with Crippen LogP contribution in [0.1, 0.15) is 17.5 Å². The van der Waals surface area contributed by atoms with Gasteiger partial charge in [-0.1, -0.05) is 6.07 Å². The van der Waals surface area contributed by atoms with Crippen LogP contribution in [-0.4, -0.2) is 19.9 Å². The van der Waals surface area contributed by atoms with Gasteiger partial charge in [0.25, 0.3) is 0 Å². The van der Waals surface area contributed by atoms with Gasteiger partial charge in [0, 0.05) is 6.54 Å². The summed E-state index contributed by atoms with van der Waals surface area (Å²) in [6.07, 6.45) is 6.33. The minimum absolute atomic E-state index is 0. The van der Waals surface area contributed by atoms with Crippen molar-refractivity contribution >= 4 is 10.0 Å². The molecule has 21 heavy (non-hydrogen) atoms. The van der Waals surface area contributed by atoms with E-state index in [1.807, 2.05) is 43.2 Å². The van der Waals surface area contributed by atoms with E-state index >= 15 is 0 Å². The van der Waals surface area contributed by atoms with Crippen molar-refractivity contribution in [2.24, 2.45) is 0 Å². The Kier molecular flexibility index (Phi) is 6.57. The van der Waals surface area contributed by atoms with Crippen LogP contribution in [0.25, 0.3) is 0 Å². The van der Waals surface area contributed by atoms with E-state index in [-0.39, 0.29) is 17.0 Å². The number of hydrogen-bond acceptors (Lipinski definition) is 2. The molecule has 0 aliphatic rings. The van der Waals surface area contributed by atoms with Gasteiger partial charge in [0.15, 0.2) is 0 Å². The molecular weight excluding hydrogens is 354 g/mol. The molecule has 2 aromatic rings. The van der Waals surface area contributed by atoms with Gasteiger partial charge in [0.05, 0.1) is 11.4 Å². The summed E-state index contributed by atoms with van der Waals surface area (Å²) in [6, 6.07) is 5.18. The quantitative estimate of drug-likeness (QED) is 0.467. The van der Waals surface area contributed by atoms with Crippen LogP contribution in [-0.2, 0) is 16.6 Å². The molecule has 1 aromatic heterocycles. The fourth-order valence-electron chi connectivity index (χ4n) is 1.89. The first-order valence-corrected chi connectivity index (χ1v) is 8.06. The van der Waals surface area contributed by atoms with Crippen molar-refractivity contribution < 1.29 is 30.0 Å². The molecule has 5 nitrogen and oxygen atoms in total. The third kappa shape index (κ3) is 4.94. The van der Waals surface area contributed by atoms with Crippen LogP contribution in [0.4, 0.5) is 0 Å². The van der Waals surface area contributed by atoms with Gasteiger partial charge in [-0.25, -0.2) is 17.7 Å². The van der Waals surface area contributed by atoms with Gasteiger partial charge in [0.1, 0.15) is 12.4 Å². The first-order valence-electron chi connectivity index (χ1n) is 6.58. The van der Waals surface area contributed by atoms with Crippen molar-refractivity contribution in [1.82, 2.24) is 9.71 Å². The van der Waals surface area contributed by atoms with Gasteiger partial charge in [-0.15, -0.1) is 0 Å². The highest BCUT2D eigenvalue weighted by molar-refractivity contribution is 7.89. The number of benzene rings is 1. The van der Waals surface area contributed by atoms with E-state index < -0.39 is 10.0 Å². The predicted molar refractivity (Wildman–Crippen MR) is 76.7 cm³/mol. The molecule has 2 rings (SSSR count). The minimum atomic E-state index is -3.41. The van der Waals surface area contributed by atoms with Crippen molar-refractivity contribution in [3.8, 4) is 0 Å². The number of aromatic nitrogens is 2. The summed E-state index contributed by atoms with van der Waals surface area (Å²) in [4.78, 5) is 3.28. The summed E-state index contributed by atoms with van der Waals surface area (Å²) in [6.45, 7) is 5.08. The molecule has 0 fully saturated rings. The summed E-state index contributed by atoms with van der Waals surface area (Å²) in [5.74, 6) is 0. The molecule has 1 heterocycles. The van der Waals surface area contributed by atoms with Gasteiger partial charge < -0.3 is 17.0 Å². The highest BCUT2D eigenvalue weighted by Crippen LogP contribution is 2.14. The lowest BCUT2D eigenvalue weighted by atomic mass is 10.1. The highest BCUT2D eigenvalue weighted by atomic mass is 79.9. The number of halogens is 1. The first kappa shape index (κ1) is 17.9. The van der Waals surface area contributed by atoms with Crippen LogP contribution < -0.4 is 26.3 Å². The Balaban J connectivity index is 0.00000220. The van der Waals surface area contributed by atoms with Crippen molar-refractivity contribution in [2.75, 3.05) is 6.54 Å². The zero-order valence-electron chi connectivity index (χ0n) is 12.1. The molecule has 2 N–H and O–H groups in total. The fourth-order valence-corrected chi connectivity index (χ4v) is 3.05. The monoisotopic (exact) mass is 373 g/mol. The minimum Gasteiger partial charge on any atom is -1.00 e. The number of nitrogens with zero attached hydrogens (tertiary/aromatic N) is 1. The molecule has 0 spiro atoms. The number of aryl methyl sites for hydroxylation is 3. The van der Waals surface area contributed by atoms with E-state index in [2.05, 4.69) is 9.71 Å². The van der Waals surface area contributed by atoms with Gasteiger partial charge in [0.2, 0.25) is 16.4 Å². The van der Waals surface area contributed by atoms with E-state index in [0.717, 1.165) is 24.1 Å². The molecule has 0 aliphatic carbocycles. The number of rotatable bonds is 6. The number of sulfonamides is 1. The molecule has 0 aliphatic heterocycles. The molecule has 0 amide bonds. The lowest BCUT2D eigenvalue weighted by Crippen LogP contribution is -3.00. The molecule has 0 radical (unpaired) electrons. The summed E-state index contributed by atoms with van der Waals surface area (Å²) < 4.78 is 28.9. The Morgan fingerprint density at radius 3 is 2.62 bits per heavy atom. The molecule has 1 aromatic carbocycles. The molecule has 116 valence electrons. The van der Waals surface area contributed by atoms with Crippen LogP contribution >= 0.6 is 0 Å². The molecule has 0 unspecified atom stereocenters. The lowest BCUT2D eigenvalue weighted by Gasteiger charge is -2.08. The maximum absolute atomic E-state index is 12.1.